The first-order chi connectivity index (χ1) is 19.2. The Kier molecular flexibility index (Phi) is 8.76. The van der Waals surface area contributed by atoms with Crippen LogP contribution < -0.4 is 0 Å². The first-order valence-corrected chi connectivity index (χ1v) is 12.8. The van der Waals surface area contributed by atoms with E-state index in [-0.39, 0.29) is 12.5 Å². The molecule has 0 amide bonds. The number of hydrogen-bond acceptors (Lipinski definition) is 5. The van der Waals surface area contributed by atoms with Crippen LogP contribution >= 0.6 is 0 Å². The van der Waals surface area contributed by atoms with Gasteiger partial charge in [0.15, 0.2) is 0 Å². The monoisotopic (exact) mass is 581 g/mol. The van der Waals surface area contributed by atoms with Crippen molar-refractivity contribution < 1.29 is 41.4 Å². The summed E-state index contributed by atoms with van der Waals surface area (Å²) in [7, 11) is 0. The second-order valence-corrected chi connectivity index (χ2v) is 10.2. The van der Waals surface area contributed by atoms with Gasteiger partial charge in [0.25, 0.3) is 5.60 Å². The van der Waals surface area contributed by atoms with E-state index in [2.05, 4.69) is 14.8 Å². The molecule has 0 spiro atoms. The number of aliphatic hydroxyl groups is 1. The third-order valence-electron chi connectivity index (χ3n) is 7.37. The van der Waals surface area contributed by atoms with Gasteiger partial charge in [-0.25, -0.2) is 0 Å². The maximum absolute atomic E-state index is 13.2. The highest BCUT2D eigenvalue weighted by Crippen LogP contribution is 2.50. The lowest BCUT2D eigenvalue weighted by molar-refractivity contribution is -0.376. The number of aryl methyl sites for hydroxylation is 1. The van der Waals surface area contributed by atoms with E-state index in [0.717, 1.165) is 28.8 Å². The van der Waals surface area contributed by atoms with E-state index in [1.807, 2.05) is 24.3 Å². The number of piperazine rings is 1. The van der Waals surface area contributed by atoms with E-state index >= 15 is 0 Å². The van der Waals surface area contributed by atoms with Crippen molar-refractivity contribution in [2.24, 2.45) is 0 Å². The van der Waals surface area contributed by atoms with Crippen LogP contribution in [0.4, 0.5) is 26.3 Å². The number of hydrogen-bond donors (Lipinski definition) is 2. The molecule has 0 saturated carbocycles. The number of aromatic nitrogens is 1. The third kappa shape index (κ3) is 6.71. The molecule has 1 aliphatic rings. The minimum atomic E-state index is -5.95. The van der Waals surface area contributed by atoms with Crippen LogP contribution in [-0.4, -0.2) is 69.0 Å². The molecule has 0 aliphatic carbocycles. The molecule has 0 radical (unpaired) electrons. The largest absolute Gasteiger partial charge is 0.481 e. The molecule has 41 heavy (non-hydrogen) atoms. The first kappa shape index (κ1) is 30.5. The number of nitrogens with zero attached hydrogens (tertiary/aromatic N) is 3. The molecule has 1 atom stereocenters. The Morgan fingerprint density at radius 3 is 2.10 bits per heavy atom. The lowest BCUT2D eigenvalue weighted by Crippen LogP contribution is -2.53. The van der Waals surface area contributed by atoms with Gasteiger partial charge in [-0.15, -0.1) is 0 Å². The van der Waals surface area contributed by atoms with Crippen molar-refractivity contribution in [1.82, 2.24) is 14.8 Å². The van der Waals surface area contributed by atoms with Gasteiger partial charge in [-0.05, 0) is 46.9 Å². The molecule has 3 aromatic rings. The zero-order valence-corrected chi connectivity index (χ0v) is 22.1. The highest BCUT2D eigenvalue weighted by Gasteiger charge is 2.71. The van der Waals surface area contributed by atoms with Crippen LogP contribution in [0.15, 0.2) is 67.0 Å². The number of pyridine rings is 1. The predicted molar refractivity (Wildman–Crippen MR) is 139 cm³/mol. The maximum atomic E-state index is 13.2. The van der Waals surface area contributed by atoms with Gasteiger partial charge in [-0.3, -0.25) is 19.6 Å². The van der Waals surface area contributed by atoms with E-state index < -0.39 is 29.5 Å². The number of carboxylic acid groups (broad SMARTS) is 1. The summed E-state index contributed by atoms with van der Waals surface area (Å²) >= 11 is 0. The van der Waals surface area contributed by atoms with Crippen molar-refractivity contribution in [3.05, 3.63) is 89.2 Å². The third-order valence-corrected chi connectivity index (χ3v) is 7.37. The predicted octanol–water partition coefficient (Wildman–Crippen LogP) is 5.53. The number of rotatable bonds is 8. The average molecular weight is 582 g/mol. The molecule has 1 aromatic heterocycles. The van der Waals surface area contributed by atoms with Crippen LogP contribution in [0, 0.1) is 6.92 Å². The number of halogens is 6. The Balaban J connectivity index is 1.47. The van der Waals surface area contributed by atoms with Gasteiger partial charge < -0.3 is 10.2 Å². The van der Waals surface area contributed by atoms with Crippen LogP contribution in [0.1, 0.15) is 28.7 Å². The minimum Gasteiger partial charge on any atom is -0.481 e. The molecule has 2 N–H and O–H groups in total. The summed E-state index contributed by atoms with van der Waals surface area (Å²) in [5.74, 6) is -0.883. The minimum absolute atomic E-state index is 0.00660. The molecule has 6 nitrogen and oxygen atoms in total. The van der Waals surface area contributed by atoms with Crippen LogP contribution in [0.3, 0.4) is 0 Å². The molecule has 1 saturated heterocycles. The molecule has 4 rings (SSSR count). The number of carboxylic acids is 1. The standard InChI is InChI=1S/C29H29F6N3O3/c1-19-14-21(16-37-12-13-38(24(18-37)15-26(39)40)17-20-8-10-36-11-9-20)2-7-25(19)22-3-5-23(6-4-22)27(41,28(30,31)32)29(33,34)35/h2-11,14,24,41H,12-13,15-18H2,1H3,(H,39,40)/t24-/m1/s1. The fourth-order valence-electron chi connectivity index (χ4n) is 5.21. The summed E-state index contributed by atoms with van der Waals surface area (Å²) in [5, 5.41) is 19.1. The Labute approximate surface area is 232 Å². The summed E-state index contributed by atoms with van der Waals surface area (Å²) in [6.07, 6.45) is -8.50. The molecule has 12 heteroatoms. The normalized spacial score (nSPS) is 17.5. The Morgan fingerprint density at radius 1 is 0.902 bits per heavy atom. The van der Waals surface area contributed by atoms with E-state index in [0.29, 0.717) is 56.0 Å². The zero-order chi connectivity index (χ0) is 30.0. The quantitative estimate of drug-likeness (QED) is 0.341. The molecular formula is C29H29F6N3O3. The van der Waals surface area contributed by atoms with Crippen molar-refractivity contribution in [3.63, 3.8) is 0 Å². The van der Waals surface area contributed by atoms with Gasteiger partial charge in [0, 0.05) is 56.7 Å². The molecule has 1 fully saturated rings. The summed E-state index contributed by atoms with van der Waals surface area (Å²) in [5.41, 5.74) is -2.53. The van der Waals surface area contributed by atoms with Gasteiger partial charge in [0.1, 0.15) is 0 Å². The van der Waals surface area contributed by atoms with E-state index in [1.54, 1.807) is 25.4 Å². The zero-order valence-electron chi connectivity index (χ0n) is 22.1. The molecule has 0 bridgehead atoms. The Morgan fingerprint density at radius 2 is 1.54 bits per heavy atom. The van der Waals surface area contributed by atoms with Crippen LogP contribution in [0.2, 0.25) is 0 Å². The van der Waals surface area contributed by atoms with Crippen LogP contribution in [0.5, 0.6) is 0 Å². The second kappa shape index (κ2) is 11.8. The van der Waals surface area contributed by atoms with E-state index in [4.69, 9.17) is 0 Å². The van der Waals surface area contributed by atoms with Crippen LogP contribution in [-0.2, 0) is 23.5 Å². The summed E-state index contributed by atoms with van der Waals surface area (Å²) in [6, 6.07) is 12.6. The summed E-state index contributed by atoms with van der Waals surface area (Å²) in [6.45, 7) is 4.87. The van der Waals surface area contributed by atoms with Crippen molar-refractivity contribution in [1.29, 1.82) is 0 Å². The van der Waals surface area contributed by atoms with Crippen molar-refractivity contribution in [2.45, 2.75) is 50.4 Å². The van der Waals surface area contributed by atoms with Gasteiger partial charge in [-0.1, -0.05) is 42.5 Å². The fourth-order valence-corrected chi connectivity index (χ4v) is 5.21. The molecule has 1 aliphatic heterocycles. The second-order valence-electron chi connectivity index (χ2n) is 10.2. The van der Waals surface area contributed by atoms with Gasteiger partial charge in [0.05, 0.1) is 6.42 Å². The highest BCUT2D eigenvalue weighted by molar-refractivity contribution is 5.68. The van der Waals surface area contributed by atoms with Gasteiger partial charge >= 0.3 is 18.3 Å². The Bertz CT molecular complexity index is 1330. The van der Waals surface area contributed by atoms with Crippen molar-refractivity contribution in [2.75, 3.05) is 19.6 Å². The van der Waals surface area contributed by atoms with E-state index in [9.17, 15) is 41.4 Å². The lowest BCUT2D eigenvalue weighted by Gasteiger charge is -2.41. The number of benzene rings is 2. The SMILES string of the molecule is Cc1cc(CN2CCN(Cc3ccncc3)[C@H](CC(=O)O)C2)ccc1-c1ccc(C(O)(C(F)(F)F)C(F)(F)F)cc1. The maximum Gasteiger partial charge on any atom is 0.430 e. The molecule has 0 unspecified atom stereocenters. The van der Waals surface area contributed by atoms with Crippen LogP contribution in [0.25, 0.3) is 11.1 Å². The molecular weight excluding hydrogens is 552 g/mol. The van der Waals surface area contributed by atoms with Gasteiger partial charge in [-0.2, -0.15) is 26.3 Å². The molecule has 220 valence electrons. The van der Waals surface area contributed by atoms with Crippen molar-refractivity contribution >= 4 is 5.97 Å². The average Bonchev–Trinajstić information content (AvgIpc) is 2.89. The number of carbonyl (C=O) groups is 1. The summed E-state index contributed by atoms with van der Waals surface area (Å²) < 4.78 is 79.3. The Hall–Kier alpha value is -3.48. The fraction of sp³-hybridized carbons (Fsp3) is 0.379. The summed E-state index contributed by atoms with van der Waals surface area (Å²) in [4.78, 5) is 19.9. The topological polar surface area (TPSA) is 76.9 Å². The smallest absolute Gasteiger partial charge is 0.430 e. The number of alkyl halides is 6. The molecule has 2 aromatic carbocycles. The van der Waals surface area contributed by atoms with Gasteiger partial charge in [0.2, 0.25) is 0 Å². The van der Waals surface area contributed by atoms with E-state index in [1.165, 1.54) is 0 Å². The lowest BCUT2D eigenvalue weighted by atomic mass is 9.90. The van der Waals surface area contributed by atoms with Crippen molar-refractivity contribution in [3.8, 4) is 11.1 Å². The highest BCUT2D eigenvalue weighted by atomic mass is 19.4. The number of aliphatic carboxylic acids is 1. The first-order valence-electron chi connectivity index (χ1n) is 12.8. The molecule has 2 heterocycles.